The van der Waals surface area contributed by atoms with E-state index in [9.17, 15) is 5.11 Å². The molecular formula is C22H38O. The third-order valence-electron chi connectivity index (χ3n) is 9.52. The van der Waals surface area contributed by atoms with E-state index in [0.29, 0.717) is 10.8 Å². The summed E-state index contributed by atoms with van der Waals surface area (Å²) in [5, 5.41) is 10.1. The van der Waals surface area contributed by atoms with Gasteiger partial charge in [0.2, 0.25) is 0 Å². The van der Waals surface area contributed by atoms with Crippen LogP contribution in [0.15, 0.2) is 0 Å². The lowest BCUT2D eigenvalue weighted by Gasteiger charge is -2.61. The first-order chi connectivity index (χ1) is 10.9. The molecule has 4 fully saturated rings. The Labute approximate surface area is 143 Å². The summed E-state index contributed by atoms with van der Waals surface area (Å²) >= 11 is 0. The lowest BCUT2D eigenvalue weighted by molar-refractivity contribution is -0.128. The number of rotatable bonds is 1. The lowest BCUT2D eigenvalue weighted by Crippen LogP contribution is -2.54. The van der Waals surface area contributed by atoms with Gasteiger partial charge in [-0.1, -0.05) is 27.7 Å². The summed E-state index contributed by atoms with van der Waals surface area (Å²) in [6, 6.07) is 0. The van der Waals surface area contributed by atoms with E-state index in [1.807, 2.05) is 0 Å². The van der Waals surface area contributed by atoms with Gasteiger partial charge < -0.3 is 5.11 Å². The Kier molecular flexibility index (Phi) is 3.91. The molecule has 0 radical (unpaired) electrons. The Morgan fingerprint density at radius 2 is 1.52 bits per heavy atom. The van der Waals surface area contributed by atoms with Crippen LogP contribution in [0.25, 0.3) is 0 Å². The van der Waals surface area contributed by atoms with E-state index in [1.54, 1.807) is 0 Å². The molecule has 4 aliphatic carbocycles. The van der Waals surface area contributed by atoms with E-state index in [1.165, 1.54) is 44.9 Å². The van der Waals surface area contributed by atoms with Crippen LogP contribution in [0.2, 0.25) is 0 Å². The highest BCUT2D eigenvalue weighted by Gasteiger charge is 2.60. The maximum absolute atomic E-state index is 10.1. The minimum Gasteiger partial charge on any atom is -0.393 e. The summed E-state index contributed by atoms with van der Waals surface area (Å²) in [6.45, 7) is 10.2. The van der Waals surface area contributed by atoms with Crippen LogP contribution < -0.4 is 0 Å². The molecule has 0 aliphatic heterocycles. The smallest absolute Gasteiger partial charge is 0.0543 e. The van der Waals surface area contributed by atoms with Crippen molar-refractivity contribution in [2.45, 2.75) is 91.6 Å². The van der Waals surface area contributed by atoms with Gasteiger partial charge in [-0.3, -0.25) is 0 Å². The Hall–Kier alpha value is -0.0400. The standard InChI is InChI=1S/C22H38O/c1-14(2)18-7-8-19-17-6-5-15-13-16(23)9-11-21(15,3)20(17)10-12-22(18,19)4/h14-20,23H,5-13H2,1-4H3. The SMILES string of the molecule is CC(C)C1CCC2C3CCC4CC(O)CCC4(C)C3CCC12C. The zero-order valence-corrected chi connectivity index (χ0v) is 15.9. The van der Waals surface area contributed by atoms with Crippen LogP contribution in [-0.2, 0) is 0 Å². The van der Waals surface area contributed by atoms with Crippen molar-refractivity contribution in [3.63, 3.8) is 0 Å². The van der Waals surface area contributed by atoms with Crippen molar-refractivity contribution in [1.29, 1.82) is 0 Å². The van der Waals surface area contributed by atoms with Gasteiger partial charge >= 0.3 is 0 Å². The van der Waals surface area contributed by atoms with Gasteiger partial charge in [-0.05, 0) is 104 Å². The summed E-state index contributed by atoms with van der Waals surface area (Å²) in [4.78, 5) is 0. The Morgan fingerprint density at radius 1 is 0.826 bits per heavy atom. The minimum absolute atomic E-state index is 0.00437. The van der Waals surface area contributed by atoms with Crippen molar-refractivity contribution in [3.8, 4) is 0 Å². The second-order valence-corrected chi connectivity index (χ2v) is 10.6. The quantitative estimate of drug-likeness (QED) is 0.661. The molecule has 8 atom stereocenters. The molecule has 23 heavy (non-hydrogen) atoms. The van der Waals surface area contributed by atoms with Crippen LogP contribution >= 0.6 is 0 Å². The highest BCUT2D eigenvalue weighted by molar-refractivity contribution is 5.09. The molecule has 4 aliphatic rings. The molecule has 4 saturated carbocycles. The predicted octanol–water partition coefficient (Wildman–Crippen LogP) is 5.66. The molecule has 0 bridgehead atoms. The lowest BCUT2D eigenvalue weighted by atomic mass is 9.44. The number of fused-ring (bicyclic) bond motifs is 5. The van der Waals surface area contributed by atoms with E-state index in [-0.39, 0.29) is 6.10 Å². The normalized spacial score (nSPS) is 56.1. The third kappa shape index (κ3) is 2.28. The van der Waals surface area contributed by atoms with Crippen molar-refractivity contribution >= 4 is 0 Å². The maximum atomic E-state index is 10.1. The second-order valence-electron chi connectivity index (χ2n) is 10.6. The molecule has 0 aromatic carbocycles. The van der Waals surface area contributed by atoms with Gasteiger partial charge in [0.25, 0.3) is 0 Å². The first-order valence-corrected chi connectivity index (χ1v) is 10.5. The highest BCUT2D eigenvalue weighted by atomic mass is 16.3. The van der Waals surface area contributed by atoms with Crippen molar-refractivity contribution in [3.05, 3.63) is 0 Å². The summed E-state index contributed by atoms with van der Waals surface area (Å²) < 4.78 is 0. The molecule has 0 saturated heterocycles. The van der Waals surface area contributed by atoms with Crippen molar-refractivity contribution < 1.29 is 5.11 Å². The van der Waals surface area contributed by atoms with Gasteiger partial charge in [-0.2, -0.15) is 0 Å². The van der Waals surface area contributed by atoms with E-state index < -0.39 is 0 Å². The van der Waals surface area contributed by atoms with Crippen LogP contribution in [0, 0.1) is 46.3 Å². The number of hydrogen-bond acceptors (Lipinski definition) is 1. The van der Waals surface area contributed by atoms with Crippen LogP contribution in [0.4, 0.5) is 0 Å². The average molecular weight is 319 g/mol. The third-order valence-corrected chi connectivity index (χ3v) is 9.52. The monoisotopic (exact) mass is 318 g/mol. The maximum Gasteiger partial charge on any atom is 0.0543 e. The van der Waals surface area contributed by atoms with E-state index >= 15 is 0 Å². The van der Waals surface area contributed by atoms with Crippen LogP contribution in [-0.4, -0.2) is 11.2 Å². The molecule has 0 aromatic heterocycles. The summed E-state index contributed by atoms with van der Waals surface area (Å²) in [5.41, 5.74) is 1.17. The summed E-state index contributed by atoms with van der Waals surface area (Å²) in [7, 11) is 0. The van der Waals surface area contributed by atoms with Crippen LogP contribution in [0.3, 0.4) is 0 Å². The van der Waals surface area contributed by atoms with Crippen molar-refractivity contribution in [2.24, 2.45) is 46.3 Å². The topological polar surface area (TPSA) is 20.2 Å². The number of aliphatic hydroxyl groups is 1. The van der Waals surface area contributed by atoms with Crippen molar-refractivity contribution in [1.82, 2.24) is 0 Å². The van der Waals surface area contributed by atoms with E-state index in [2.05, 4.69) is 27.7 Å². The van der Waals surface area contributed by atoms with Gasteiger partial charge in [0, 0.05) is 0 Å². The van der Waals surface area contributed by atoms with E-state index in [0.717, 1.165) is 48.3 Å². The fraction of sp³-hybridized carbons (Fsp3) is 1.00. The largest absolute Gasteiger partial charge is 0.393 e. The van der Waals surface area contributed by atoms with Gasteiger partial charge in [-0.25, -0.2) is 0 Å². The summed E-state index contributed by atoms with van der Waals surface area (Å²) in [5.74, 6) is 5.58. The number of hydrogen-bond donors (Lipinski definition) is 1. The molecule has 8 unspecified atom stereocenters. The highest BCUT2D eigenvalue weighted by Crippen LogP contribution is 2.68. The molecule has 132 valence electrons. The molecule has 1 heteroatoms. The molecule has 4 rings (SSSR count). The fourth-order valence-electron chi connectivity index (χ4n) is 8.37. The van der Waals surface area contributed by atoms with Gasteiger partial charge in [-0.15, -0.1) is 0 Å². The van der Waals surface area contributed by atoms with Gasteiger partial charge in [0.15, 0.2) is 0 Å². The summed E-state index contributed by atoms with van der Waals surface area (Å²) in [6.07, 6.45) is 12.2. The molecule has 0 spiro atoms. The van der Waals surface area contributed by atoms with Crippen molar-refractivity contribution in [2.75, 3.05) is 0 Å². The van der Waals surface area contributed by atoms with Gasteiger partial charge in [0.05, 0.1) is 6.10 Å². The Morgan fingerprint density at radius 3 is 2.26 bits per heavy atom. The first-order valence-electron chi connectivity index (χ1n) is 10.5. The minimum atomic E-state index is -0.00437. The second kappa shape index (κ2) is 5.48. The fourth-order valence-corrected chi connectivity index (χ4v) is 8.37. The molecule has 1 N–H and O–H groups in total. The van der Waals surface area contributed by atoms with Gasteiger partial charge in [0.1, 0.15) is 0 Å². The Bertz CT molecular complexity index is 457. The molecular weight excluding hydrogens is 280 g/mol. The molecule has 0 amide bonds. The average Bonchev–Trinajstić information content (AvgIpc) is 2.85. The van der Waals surface area contributed by atoms with Crippen LogP contribution in [0.1, 0.15) is 85.5 Å². The molecule has 0 aromatic rings. The van der Waals surface area contributed by atoms with E-state index in [4.69, 9.17) is 0 Å². The predicted molar refractivity (Wildman–Crippen MR) is 96.1 cm³/mol. The zero-order valence-electron chi connectivity index (χ0n) is 15.9. The Balaban J connectivity index is 1.60. The van der Waals surface area contributed by atoms with Crippen LogP contribution in [0.5, 0.6) is 0 Å². The first kappa shape index (κ1) is 16.4. The zero-order chi connectivity index (χ0) is 16.4. The molecule has 1 nitrogen and oxygen atoms in total. The number of aliphatic hydroxyl groups excluding tert-OH is 1. The molecule has 0 heterocycles.